The minimum absolute atomic E-state index is 0.104. The number of nitrogens with zero attached hydrogens (tertiary/aromatic N) is 1. The molecule has 3 heterocycles. The molecular formula is C18H16F3N3O2S2. The lowest BCUT2D eigenvalue weighted by atomic mass is 9.86. The molecule has 28 heavy (non-hydrogen) atoms. The van der Waals surface area contributed by atoms with E-state index in [1.165, 1.54) is 28.7 Å². The predicted octanol–water partition coefficient (Wildman–Crippen LogP) is 4.46. The number of benzene rings is 1. The smallest absolute Gasteiger partial charge is 0.416 e. The fourth-order valence-corrected chi connectivity index (χ4v) is 5.90. The van der Waals surface area contributed by atoms with Crippen LogP contribution in [-0.4, -0.2) is 22.1 Å². The minimum atomic E-state index is -4.44. The molecule has 1 aliphatic rings. The second-order valence-electron chi connectivity index (χ2n) is 7.03. The number of aromatic nitrogens is 1. The Bertz CT molecular complexity index is 1110. The molecule has 0 spiro atoms. The topological polar surface area (TPSA) is 88.2 Å². The number of nitrogens with one attached hydrogen (secondary N) is 1. The van der Waals surface area contributed by atoms with Crippen LogP contribution in [0.15, 0.2) is 18.2 Å². The van der Waals surface area contributed by atoms with Crippen LogP contribution in [-0.2, 0) is 22.9 Å². The number of anilines is 1. The number of nitrogens with two attached hydrogens (primary N) is 1. The fraction of sp³-hybridized carbons (Fsp3) is 0.333. The van der Waals surface area contributed by atoms with Crippen LogP contribution in [0.25, 0.3) is 20.8 Å². The maximum Gasteiger partial charge on any atom is 0.416 e. The summed E-state index contributed by atoms with van der Waals surface area (Å²) in [6.07, 6.45) is -3.88. The lowest BCUT2D eigenvalue weighted by molar-refractivity contribution is -0.145. The number of hydrogen-bond donors (Lipinski definition) is 3. The molecular weight excluding hydrogens is 411 g/mol. The first-order chi connectivity index (χ1) is 13.0. The quantitative estimate of drug-likeness (QED) is 0.562. The number of thiophene rings is 1. The van der Waals surface area contributed by atoms with Crippen LogP contribution in [0.1, 0.15) is 29.9 Å². The summed E-state index contributed by atoms with van der Waals surface area (Å²) in [5.74, 6) is -1.01. The number of hydrogen-bond acceptors (Lipinski definition) is 6. The van der Waals surface area contributed by atoms with Crippen molar-refractivity contribution in [3.05, 3.63) is 34.2 Å². The summed E-state index contributed by atoms with van der Waals surface area (Å²) in [4.78, 5) is 16.9. The first kappa shape index (κ1) is 19.2. The molecule has 2 unspecified atom stereocenters. The second kappa shape index (κ2) is 6.16. The second-order valence-corrected chi connectivity index (χ2v) is 9.11. The number of alkyl halides is 3. The SMILES string of the molecule is CC1Cc2c(sc(N)c2-c2nc3cc(C(F)(F)F)ccc3s2)C(C)(C(=O)O)N1. The van der Waals surface area contributed by atoms with Crippen molar-refractivity contribution >= 4 is 43.9 Å². The van der Waals surface area contributed by atoms with Crippen molar-refractivity contribution in [3.8, 4) is 10.6 Å². The van der Waals surface area contributed by atoms with Gasteiger partial charge in [-0.2, -0.15) is 13.2 Å². The molecule has 0 radical (unpaired) electrons. The summed E-state index contributed by atoms with van der Waals surface area (Å²) in [5, 5.41) is 13.8. The van der Waals surface area contributed by atoms with Gasteiger partial charge >= 0.3 is 12.1 Å². The summed E-state index contributed by atoms with van der Waals surface area (Å²) in [7, 11) is 0. The van der Waals surface area contributed by atoms with E-state index < -0.39 is 23.2 Å². The lowest BCUT2D eigenvalue weighted by Gasteiger charge is -2.35. The van der Waals surface area contributed by atoms with Crippen LogP contribution in [0.3, 0.4) is 0 Å². The molecule has 148 valence electrons. The van der Waals surface area contributed by atoms with E-state index in [2.05, 4.69) is 10.3 Å². The summed E-state index contributed by atoms with van der Waals surface area (Å²) < 4.78 is 39.6. The highest BCUT2D eigenvalue weighted by Gasteiger charge is 2.44. The van der Waals surface area contributed by atoms with Gasteiger partial charge in [-0.25, -0.2) is 9.78 Å². The summed E-state index contributed by atoms with van der Waals surface area (Å²) in [6, 6.07) is 3.35. The number of halogens is 3. The highest BCUT2D eigenvalue weighted by molar-refractivity contribution is 7.22. The Labute approximate surface area is 166 Å². The Morgan fingerprint density at radius 1 is 1.39 bits per heavy atom. The predicted molar refractivity (Wildman–Crippen MR) is 104 cm³/mol. The van der Waals surface area contributed by atoms with E-state index in [1.54, 1.807) is 6.92 Å². The fourth-order valence-electron chi connectivity index (χ4n) is 3.60. The van der Waals surface area contributed by atoms with Crippen molar-refractivity contribution in [2.45, 2.75) is 38.0 Å². The minimum Gasteiger partial charge on any atom is -0.480 e. The van der Waals surface area contributed by atoms with Crippen molar-refractivity contribution in [2.24, 2.45) is 0 Å². The van der Waals surface area contributed by atoms with Gasteiger partial charge in [-0.05, 0) is 44.0 Å². The van der Waals surface area contributed by atoms with Gasteiger partial charge in [0.05, 0.1) is 20.8 Å². The van der Waals surface area contributed by atoms with Crippen molar-refractivity contribution < 1.29 is 23.1 Å². The zero-order valence-electron chi connectivity index (χ0n) is 14.8. The Morgan fingerprint density at radius 3 is 2.75 bits per heavy atom. The molecule has 0 bridgehead atoms. The first-order valence-electron chi connectivity index (χ1n) is 8.41. The Balaban J connectivity index is 1.89. The number of nitrogen functional groups attached to an aromatic ring is 1. The monoisotopic (exact) mass is 427 g/mol. The highest BCUT2D eigenvalue weighted by atomic mass is 32.1. The third kappa shape index (κ3) is 2.87. The molecule has 2 aromatic heterocycles. The van der Waals surface area contributed by atoms with Gasteiger partial charge in [-0.1, -0.05) is 0 Å². The molecule has 0 saturated carbocycles. The van der Waals surface area contributed by atoms with Gasteiger partial charge in [0.15, 0.2) is 0 Å². The molecule has 0 amide bonds. The lowest BCUT2D eigenvalue weighted by Crippen LogP contribution is -2.54. The normalized spacial score (nSPS) is 22.4. The van der Waals surface area contributed by atoms with Crippen molar-refractivity contribution in [3.63, 3.8) is 0 Å². The van der Waals surface area contributed by atoms with E-state index in [-0.39, 0.29) is 11.6 Å². The van der Waals surface area contributed by atoms with Crippen LogP contribution in [0.4, 0.5) is 18.2 Å². The molecule has 2 atom stereocenters. The van der Waals surface area contributed by atoms with Crippen LogP contribution >= 0.6 is 22.7 Å². The number of fused-ring (bicyclic) bond motifs is 2. The maximum atomic E-state index is 13.0. The van der Waals surface area contributed by atoms with Crippen molar-refractivity contribution in [1.29, 1.82) is 0 Å². The van der Waals surface area contributed by atoms with Gasteiger partial charge < -0.3 is 10.8 Å². The molecule has 10 heteroatoms. The van der Waals surface area contributed by atoms with E-state index in [1.807, 2.05) is 6.92 Å². The van der Waals surface area contributed by atoms with Crippen LogP contribution in [0.2, 0.25) is 0 Å². The number of carboxylic acid groups (broad SMARTS) is 1. The molecule has 4 N–H and O–H groups in total. The number of thiazole rings is 1. The molecule has 5 nitrogen and oxygen atoms in total. The van der Waals surface area contributed by atoms with E-state index in [9.17, 15) is 23.1 Å². The van der Waals surface area contributed by atoms with Gasteiger partial charge in [0, 0.05) is 16.5 Å². The summed E-state index contributed by atoms with van der Waals surface area (Å²) >= 11 is 2.44. The molecule has 4 rings (SSSR count). The Kier molecular flexibility index (Phi) is 4.22. The molecule has 0 fully saturated rings. The van der Waals surface area contributed by atoms with Gasteiger partial charge in [-0.15, -0.1) is 22.7 Å². The zero-order valence-corrected chi connectivity index (χ0v) is 16.5. The van der Waals surface area contributed by atoms with Gasteiger partial charge in [0.2, 0.25) is 0 Å². The van der Waals surface area contributed by atoms with Gasteiger partial charge in [-0.3, -0.25) is 5.32 Å². The number of rotatable bonds is 2. The molecule has 1 aliphatic heterocycles. The Hall–Kier alpha value is -2.17. The largest absolute Gasteiger partial charge is 0.480 e. The summed E-state index contributed by atoms with van der Waals surface area (Å²) in [6.45, 7) is 3.48. The first-order valence-corrected chi connectivity index (χ1v) is 10.0. The molecule has 0 aliphatic carbocycles. The molecule has 3 aromatic rings. The molecule has 0 saturated heterocycles. The van der Waals surface area contributed by atoms with Gasteiger partial charge in [0.1, 0.15) is 10.5 Å². The third-order valence-corrected chi connectivity index (χ3v) is 7.23. The maximum absolute atomic E-state index is 13.0. The standard InChI is InChI=1S/C18H16F3N3O2S2/c1-7-5-9-12(14(22)28-13(9)17(2,24-7)16(25)26)15-23-10-6-8(18(19,20)21)3-4-11(10)27-15/h3-4,6-7,24H,5,22H2,1-2H3,(H,25,26). The van der Waals surface area contributed by atoms with Crippen LogP contribution < -0.4 is 11.1 Å². The summed E-state index contributed by atoms with van der Waals surface area (Å²) in [5.41, 5.74) is 5.88. The van der Waals surface area contributed by atoms with Crippen LogP contribution in [0.5, 0.6) is 0 Å². The Morgan fingerprint density at radius 2 is 2.11 bits per heavy atom. The number of aliphatic carboxylic acids is 1. The van der Waals surface area contributed by atoms with E-state index in [0.29, 0.717) is 31.6 Å². The van der Waals surface area contributed by atoms with E-state index in [4.69, 9.17) is 5.73 Å². The third-order valence-electron chi connectivity index (χ3n) is 4.89. The number of carboxylic acids is 1. The van der Waals surface area contributed by atoms with Gasteiger partial charge in [0.25, 0.3) is 0 Å². The van der Waals surface area contributed by atoms with E-state index in [0.717, 1.165) is 17.7 Å². The van der Waals surface area contributed by atoms with Crippen molar-refractivity contribution in [2.75, 3.05) is 5.73 Å². The molecule has 1 aromatic carbocycles. The van der Waals surface area contributed by atoms with Crippen molar-refractivity contribution in [1.82, 2.24) is 10.3 Å². The van der Waals surface area contributed by atoms with Crippen LogP contribution in [0, 0.1) is 0 Å². The average Bonchev–Trinajstić information content (AvgIpc) is 3.13. The average molecular weight is 427 g/mol. The van der Waals surface area contributed by atoms with E-state index >= 15 is 0 Å². The number of carbonyl (C=O) groups is 1. The zero-order chi connectivity index (χ0) is 20.4. The highest BCUT2D eigenvalue weighted by Crippen LogP contribution is 2.48.